The number of rotatable bonds is 7. The molecule has 0 aliphatic rings. The van der Waals surface area contributed by atoms with Gasteiger partial charge in [0.1, 0.15) is 11.5 Å². The van der Waals surface area contributed by atoms with Crippen LogP contribution in [0.25, 0.3) is 11.5 Å². The summed E-state index contributed by atoms with van der Waals surface area (Å²) in [6.07, 6.45) is 0. The van der Waals surface area contributed by atoms with E-state index >= 15 is 0 Å². The lowest BCUT2D eigenvalue weighted by molar-refractivity contribution is 0.102. The average Bonchev–Trinajstić information content (AvgIpc) is 3.19. The van der Waals surface area contributed by atoms with Crippen molar-refractivity contribution < 1.29 is 13.9 Å². The molecule has 0 saturated carbocycles. The van der Waals surface area contributed by atoms with Crippen molar-refractivity contribution in [2.75, 3.05) is 12.4 Å². The molecular weight excluding hydrogens is 420 g/mol. The molecule has 32 heavy (non-hydrogen) atoms. The van der Waals surface area contributed by atoms with E-state index in [9.17, 15) is 4.79 Å². The Morgan fingerprint density at radius 2 is 1.72 bits per heavy atom. The highest BCUT2D eigenvalue weighted by molar-refractivity contribution is 7.98. The van der Waals surface area contributed by atoms with E-state index in [0.29, 0.717) is 22.9 Å². The van der Waals surface area contributed by atoms with Crippen LogP contribution in [0.15, 0.2) is 82.1 Å². The van der Waals surface area contributed by atoms with Gasteiger partial charge in [0.25, 0.3) is 5.91 Å². The fraction of sp³-hybridized carbons (Fsp3) is 0.154. The van der Waals surface area contributed by atoms with Crippen LogP contribution in [0.2, 0.25) is 0 Å². The Kier molecular flexibility index (Phi) is 6.61. The second kappa shape index (κ2) is 9.75. The summed E-state index contributed by atoms with van der Waals surface area (Å²) in [6, 6.07) is 23.0. The lowest BCUT2D eigenvalue weighted by atomic mass is 10.1. The Bertz CT molecular complexity index is 1210. The molecule has 0 fully saturated rings. The Morgan fingerprint density at radius 3 is 2.44 bits per heavy atom. The number of aromatic nitrogens is 1. The van der Waals surface area contributed by atoms with E-state index < -0.39 is 0 Å². The third kappa shape index (κ3) is 5.03. The number of anilines is 1. The van der Waals surface area contributed by atoms with Crippen molar-refractivity contribution in [3.8, 4) is 17.2 Å². The number of aryl methyl sites for hydroxylation is 2. The minimum atomic E-state index is -0.208. The predicted octanol–water partition coefficient (Wildman–Crippen LogP) is 6.51. The first-order valence-electron chi connectivity index (χ1n) is 10.2. The lowest BCUT2D eigenvalue weighted by Gasteiger charge is -2.09. The van der Waals surface area contributed by atoms with Gasteiger partial charge in [0, 0.05) is 21.8 Å². The number of nitrogens with zero attached hydrogens (tertiary/aromatic N) is 1. The third-order valence-electron chi connectivity index (χ3n) is 5.04. The van der Waals surface area contributed by atoms with Gasteiger partial charge in [0.2, 0.25) is 5.89 Å². The Labute approximate surface area is 191 Å². The summed E-state index contributed by atoms with van der Waals surface area (Å²) in [5, 5.41) is 2.88. The van der Waals surface area contributed by atoms with E-state index in [-0.39, 0.29) is 5.91 Å². The Balaban J connectivity index is 1.44. The van der Waals surface area contributed by atoms with Crippen LogP contribution in [0.4, 0.5) is 5.69 Å². The van der Waals surface area contributed by atoms with Crippen LogP contribution < -0.4 is 10.1 Å². The van der Waals surface area contributed by atoms with Gasteiger partial charge >= 0.3 is 0 Å². The van der Waals surface area contributed by atoms with E-state index in [0.717, 1.165) is 22.8 Å². The molecule has 1 aromatic heterocycles. The van der Waals surface area contributed by atoms with Crippen molar-refractivity contribution in [2.45, 2.75) is 24.5 Å². The first kappa shape index (κ1) is 21.7. The minimum Gasteiger partial charge on any atom is -0.495 e. The molecular formula is C26H24N2O3S. The van der Waals surface area contributed by atoms with Crippen LogP contribution in [-0.4, -0.2) is 18.0 Å². The molecule has 6 heteroatoms. The Hall–Kier alpha value is -3.51. The summed E-state index contributed by atoms with van der Waals surface area (Å²) < 4.78 is 11.2. The second-order valence-electron chi connectivity index (χ2n) is 7.36. The van der Waals surface area contributed by atoms with Crippen LogP contribution in [0.1, 0.15) is 27.4 Å². The number of methoxy groups -OCH3 is 1. The zero-order valence-electron chi connectivity index (χ0n) is 18.2. The predicted molar refractivity (Wildman–Crippen MR) is 128 cm³/mol. The van der Waals surface area contributed by atoms with Gasteiger partial charge in [-0.25, -0.2) is 4.98 Å². The highest BCUT2D eigenvalue weighted by atomic mass is 32.2. The highest BCUT2D eigenvalue weighted by Gasteiger charge is 2.14. The van der Waals surface area contributed by atoms with Gasteiger partial charge in [0.05, 0.1) is 18.5 Å². The molecule has 4 aromatic rings. The highest BCUT2D eigenvalue weighted by Crippen LogP contribution is 2.28. The van der Waals surface area contributed by atoms with E-state index in [4.69, 9.17) is 9.15 Å². The smallest absolute Gasteiger partial charge is 0.255 e. The number of benzene rings is 3. The van der Waals surface area contributed by atoms with Crippen molar-refractivity contribution in [3.05, 3.63) is 95.4 Å². The van der Waals surface area contributed by atoms with Gasteiger partial charge in [-0.15, -0.1) is 11.8 Å². The maximum Gasteiger partial charge on any atom is 0.255 e. The number of nitrogens with one attached hydrogen (secondary N) is 1. The fourth-order valence-electron chi connectivity index (χ4n) is 3.18. The summed E-state index contributed by atoms with van der Waals surface area (Å²) in [5.41, 5.74) is 4.16. The largest absolute Gasteiger partial charge is 0.495 e. The molecule has 0 atom stereocenters. The van der Waals surface area contributed by atoms with Crippen molar-refractivity contribution in [2.24, 2.45) is 0 Å². The quantitative estimate of drug-likeness (QED) is 0.329. The summed E-state index contributed by atoms with van der Waals surface area (Å²) >= 11 is 1.73. The first-order valence-corrected chi connectivity index (χ1v) is 11.2. The number of ether oxygens (including phenoxy) is 1. The molecule has 4 rings (SSSR count). The number of para-hydroxylation sites is 2. The number of carbonyl (C=O) groups is 1. The van der Waals surface area contributed by atoms with Crippen LogP contribution in [0.3, 0.4) is 0 Å². The van der Waals surface area contributed by atoms with Gasteiger partial charge in [-0.2, -0.15) is 0 Å². The van der Waals surface area contributed by atoms with Crippen LogP contribution in [0, 0.1) is 13.8 Å². The monoisotopic (exact) mass is 444 g/mol. The molecule has 0 spiro atoms. The zero-order chi connectivity index (χ0) is 22.5. The number of hydrogen-bond acceptors (Lipinski definition) is 5. The van der Waals surface area contributed by atoms with Gasteiger partial charge in [0.15, 0.2) is 0 Å². The van der Waals surface area contributed by atoms with Crippen molar-refractivity contribution in [1.82, 2.24) is 4.98 Å². The second-order valence-corrected chi connectivity index (χ2v) is 8.40. The standard InChI is InChI=1S/C26H24N2O3S/c1-17-8-14-21(15-9-17)32-16-23-18(2)31-26(28-23)20-12-10-19(11-13-20)25(29)27-22-6-4-5-7-24(22)30-3/h4-15H,16H2,1-3H3,(H,27,29). The number of thioether (sulfide) groups is 1. The summed E-state index contributed by atoms with van der Waals surface area (Å²) in [4.78, 5) is 18.5. The molecule has 0 aliphatic heterocycles. The zero-order valence-corrected chi connectivity index (χ0v) is 19.0. The molecule has 0 aliphatic carbocycles. The molecule has 0 radical (unpaired) electrons. The SMILES string of the molecule is COc1ccccc1NC(=O)c1ccc(-c2nc(CSc3ccc(C)cc3)c(C)o2)cc1. The molecule has 0 saturated heterocycles. The maximum absolute atomic E-state index is 12.6. The molecule has 162 valence electrons. The average molecular weight is 445 g/mol. The summed E-state index contributed by atoms with van der Waals surface area (Å²) in [7, 11) is 1.58. The molecule has 1 N–H and O–H groups in total. The van der Waals surface area contributed by atoms with Gasteiger partial charge < -0.3 is 14.5 Å². The molecule has 5 nitrogen and oxygen atoms in total. The molecule has 3 aromatic carbocycles. The lowest BCUT2D eigenvalue weighted by Crippen LogP contribution is -2.12. The van der Waals surface area contributed by atoms with Gasteiger partial charge in [-0.3, -0.25) is 4.79 Å². The maximum atomic E-state index is 12.6. The van der Waals surface area contributed by atoms with Crippen LogP contribution >= 0.6 is 11.8 Å². The van der Waals surface area contributed by atoms with Crippen molar-refractivity contribution in [3.63, 3.8) is 0 Å². The van der Waals surface area contributed by atoms with Crippen molar-refractivity contribution >= 4 is 23.4 Å². The van der Waals surface area contributed by atoms with Gasteiger partial charge in [-0.05, 0) is 62.4 Å². The topological polar surface area (TPSA) is 64.4 Å². The summed E-state index contributed by atoms with van der Waals surface area (Å²) in [6.45, 7) is 4.01. The van der Waals surface area contributed by atoms with E-state index in [1.54, 1.807) is 43.1 Å². The minimum absolute atomic E-state index is 0.208. The summed E-state index contributed by atoms with van der Waals surface area (Å²) in [5.74, 6) is 2.50. The fourth-order valence-corrected chi connectivity index (χ4v) is 4.08. The third-order valence-corrected chi connectivity index (χ3v) is 6.06. The van der Waals surface area contributed by atoms with E-state index in [2.05, 4.69) is 41.5 Å². The Morgan fingerprint density at radius 1 is 1.00 bits per heavy atom. The molecule has 0 unspecified atom stereocenters. The number of hydrogen-bond donors (Lipinski definition) is 1. The number of carbonyl (C=O) groups excluding carboxylic acids is 1. The molecule has 0 bridgehead atoms. The molecule has 1 heterocycles. The van der Waals surface area contributed by atoms with Crippen LogP contribution in [-0.2, 0) is 5.75 Å². The number of oxazole rings is 1. The molecule has 1 amide bonds. The van der Waals surface area contributed by atoms with Crippen molar-refractivity contribution in [1.29, 1.82) is 0 Å². The van der Waals surface area contributed by atoms with E-state index in [1.807, 2.05) is 31.2 Å². The van der Waals surface area contributed by atoms with E-state index in [1.165, 1.54) is 10.5 Å². The first-order chi connectivity index (χ1) is 15.5. The van der Waals surface area contributed by atoms with Crippen LogP contribution in [0.5, 0.6) is 5.75 Å². The van der Waals surface area contributed by atoms with Gasteiger partial charge in [-0.1, -0.05) is 29.8 Å². The number of amides is 1. The normalized spacial score (nSPS) is 10.7.